The largest absolute Gasteiger partial charge is 0.219 e. The van der Waals surface area contributed by atoms with Crippen LogP contribution in [0.25, 0.3) is 99.3 Å². The van der Waals surface area contributed by atoms with Crippen molar-refractivity contribution in [2.75, 3.05) is 0 Å². The van der Waals surface area contributed by atoms with Crippen molar-refractivity contribution >= 4 is 32.3 Å². The molecule has 3 nitrogen and oxygen atoms in total. The summed E-state index contributed by atoms with van der Waals surface area (Å²) >= 11 is 0. The van der Waals surface area contributed by atoms with E-state index in [9.17, 15) is 0 Å². The number of rotatable bonds is 4. The molecule has 0 N–H and O–H groups in total. The van der Waals surface area contributed by atoms with Crippen molar-refractivity contribution in [3.63, 3.8) is 0 Å². The zero-order valence-corrected chi connectivity index (χ0v) is 27.8. The van der Waals surface area contributed by atoms with Crippen LogP contribution in [0.3, 0.4) is 0 Å². The number of aryl methyl sites for hydroxylation is 2. The Bertz CT molecular complexity index is 2790. The Morgan fingerprint density at radius 1 is 0.340 bits per heavy atom. The van der Waals surface area contributed by atoms with Crippen molar-refractivity contribution < 1.29 is 0 Å². The third-order valence-electron chi connectivity index (χ3n) is 10.2. The fourth-order valence-corrected chi connectivity index (χ4v) is 8.05. The Labute approximate surface area is 290 Å². The van der Waals surface area contributed by atoms with Crippen LogP contribution in [0.2, 0.25) is 0 Å². The number of aromatic nitrogens is 3. The van der Waals surface area contributed by atoms with Crippen molar-refractivity contribution in [3.05, 3.63) is 163 Å². The van der Waals surface area contributed by atoms with Gasteiger partial charge in [0.15, 0.2) is 5.82 Å². The number of hydrogen-bond acceptors (Lipinski definition) is 3. The molecule has 9 aromatic rings. The molecule has 0 unspecified atom stereocenters. The standard InChI is InChI=1S/C47H31N3/c1-28-48-29(2)50-47(49-28)34-21-19-33(20-22-34)44-37-11-5-3-9-30(37)23-24-39(44)32-17-15-31(16-18-32)36-25-26-42-40-13-7-8-14-41(40)45-38-12-6-4-10-35(38)27-43(36)46(42)45/h3-27H,1-2H3. The Kier molecular flexibility index (Phi) is 6.31. The Hall–Kier alpha value is -6.45. The van der Waals surface area contributed by atoms with Crippen molar-refractivity contribution in [2.24, 2.45) is 0 Å². The first-order valence-corrected chi connectivity index (χ1v) is 17.1. The predicted octanol–water partition coefficient (Wildman–Crippen LogP) is 12.3. The van der Waals surface area contributed by atoms with Gasteiger partial charge in [0.05, 0.1) is 0 Å². The molecule has 8 aromatic carbocycles. The van der Waals surface area contributed by atoms with Crippen LogP contribution in [0.1, 0.15) is 11.6 Å². The lowest BCUT2D eigenvalue weighted by Gasteiger charge is -2.16. The third-order valence-corrected chi connectivity index (χ3v) is 10.2. The van der Waals surface area contributed by atoms with E-state index in [1.165, 1.54) is 82.4 Å². The number of nitrogens with zero attached hydrogens (tertiary/aromatic N) is 3. The van der Waals surface area contributed by atoms with E-state index in [1.807, 2.05) is 13.8 Å². The first-order valence-electron chi connectivity index (χ1n) is 17.1. The summed E-state index contributed by atoms with van der Waals surface area (Å²) in [7, 11) is 0. The Morgan fingerprint density at radius 2 is 0.880 bits per heavy atom. The van der Waals surface area contributed by atoms with E-state index in [2.05, 4.69) is 167 Å². The summed E-state index contributed by atoms with van der Waals surface area (Å²) in [6, 6.07) is 55.6. The zero-order chi connectivity index (χ0) is 33.3. The fourth-order valence-electron chi connectivity index (χ4n) is 8.05. The van der Waals surface area contributed by atoms with E-state index in [0.717, 1.165) is 22.8 Å². The van der Waals surface area contributed by atoms with Crippen LogP contribution in [-0.2, 0) is 0 Å². The van der Waals surface area contributed by atoms with Crippen LogP contribution in [0, 0.1) is 13.8 Å². The normalized spacial score (nSPS) is 11.8. The van der Waals surface area contributed by atoms with Crippen LogP contribution >= 0.6 is 0 Å². The lowest BCUT2D eigenvalue weighted by molar-refractivity contribution is 0.928. The van der Waals surface area contributed by atoms with Crippen LogP contribution < -0.4 is 0 Å². The molecule has 0 spiro atoms. The first kappa shape index (κ1) is 28.6. The van der Waals surface area contributed by atoms with Gasteiger partial charge in [0.2, 0.25) is 0 Å². The molecule has 1 heterocycles. The van der Waals surface area contributed by atoms with Crippen LogP contribution in [-0.4, -0.2) is 15.0 Å². The van der Waals surface area contributed by atoms with E-state index in [0.29, 0.717) is 5.82 Å². The van der Waals surface area contributed by atoms with Crippen molar-refractivity contribution in [1.82, 2.24) is 15.0 Å². The highest BCUT2D eigenvalue weighted by Crippen LogP contribution is 2.52. The van der Waals surface area contributed by atoms with Gasteiger partial charge in [-0.2, -0.15) is 0 Å². The minimum absolute atomic E-state index is 0.704. The van der Waals surface area contributed by atoms with Gasteiger partial charge in [-0.05, 0) is 108 Å². The van der Waals surface area contributed by atoms with E-state index < -0.39 is 0 Å². The molecular weight excluding hydrogens is 607 g/mol. The van der Waals surface area contributed by atoms with Gasteiger partial charge in [-0.15, -0.1) is 0 Å². The zero-order valence-electron chi connectivity index (χ0n) is 27.8. The average Bonchev–Trinajstić information content (AvgIpc) is 3.50. The van der Waals surface area contributed by atoms with Crippen LogP contribution in [0.5, 0.6) is 0 Å². The van der Waals surface area contributed by atoms with Crippen LogP contribution in [0.15, 0.2) is 152 Å². The quantitative estimate of drug-likeness (QED) is 0.180. The molecule has 0 saturated heterocycles. The van der Waals surface area contributed by atoms with Gasteiger partial charge in [0.1, 0.15) is 11.6 Å². The first-order chi connectivity index (χ1) is 24.6. The summed E-state index contributed by atoms with van der Waals surface area (Å²) in [5, 5.41) is 7.69. The highest BCUT2D eigenvalue weighted by Gasteiger charge is 2.25. The van der Waals surface area contributed by atoms with Gasteiger partial charge < -0.3 is 0 Å². The van der Waals surface area contributed by atoms with E-state index >= 15 is 0 Å². The summed E-state index contributed by atoms with van der Waals surface area (Å²) in [6.07, 6.45) is 0. The Morgan fingerprint density at radius 3 is 1.62 bits per heavy atom. The molecule has 1 aromatic heterocycles. The molecule has 10 rings (SSSR count). The summed E-state index contributed by atoms with van der Waals surface area (Å²) in [6.45, 7) is 3.82. The SMILES string of the molecule is Cc1nc(C)nc(-c2ccc(-c3c(-c4ccc(-c5ccc6c7c(c8ccccc8cc57)-c5ccccc5-6)cc4)ccc4ccccc34)cc2)n1. The van der Waals surface area contributed by atoms with E-state index in [4.69, 9.17) is 0 Å². The maximum Gasteiger partial charge on any atom is 0.163 e. The molecule has 3 heteroatoms. The molecule has 0 bridgehead atoms. The molecular formula is C47H31N3. The maximum absolute atomic E-state index is 4.59. The lowest BCUT2D eigenvalue weighted by atomic mass is 9.88. The summed E-state index contributed by atoms with van der Waals surface area (Å²) in [4.78, 5) is 13.5. The summed E-state index contributed by atoms with van der Waals surface area (Å²) < 4.78 is 0. The molecule has 0 amide bonds. The number of hydrogen-bond donors (Lipinski definition) is 0. The molecule has 1 aliphatic rings. The van der Waals surface area contributed by atoms with Crippen molar-refractivity contribution in [3.8, 4) is 67.0 Å². The molecule has 0 radical (unpaired) electrons. The number of fused-ring (bicyclic) bond motifs is 6. The van der Waals surface area contributed by atoms with Crippen LogP contribution in [0.4, 0.5) is 0 Å². The lowest BCUT2D eigenvalue weighted by Crippen LogP contribution is -1.98. The monoisotopic (exact) mass is 637 g/mol. The second-order valence-electron chi connectivity index (χ2n) is 13.2. The van der Waals surface area contributed by atoms with Gasteiger partial charge >= 0.3 is 0 Å². The van der Waals surface area contributed by atoms with Crippen molar-refractivity contribution in [2.45, 2.75) is 13.8 Å². The molecule has 0 atom stereocenters. The molecule has 0 fully saturated rings. The summed E-state index contributed by atoms with van der Waals surface area (Å²) in [5.74, 6) is 2.16. The molecule has 234 valence electrons. The Balaban J connectivity index is 1.10. The molecule has 50 heavy (non-hydrogen) atoms. The molecule has 0 aliphatic heterocycles. The molecule has 0 saturated carbocycles. The van der Waals surface area contributed by atoms with E-state index in [-0.39, 0.29) is 0 Å². The fraction of sp³-hybridized carbons (Fsp3) is 0.0426. The van der Waals surface area contributed by atoms with Gasteiger partial charge in [-0.3, -0.25) is 0 Å². The maximum atomic E-state index is 4.59. The molecule has 1 aliphatic carbocycles. The highest BCUT2D eigenvalue weighted by molar-refractivity contribution is 6.26. The minimum Gasteiger partial charge on any atom is -0.219 e. The second kappa shape index (κ2) is 11.0. The van der Waals surface area contributed by atoms with Gasteiger partial charge in [-0.25, -0.2) is 15.0 Å². The minimum atomic E-state index is 0.704. The predicted molar refractivity (Wildman–Crippen MR) is 208 cm³/mol. The van der Waals surface area contributed by atoms with Gasteiger partial charge in [-0.1, -0.05) is 146 Å². The van der Waals surface area contributed by atoms with Crippen molar-refractivity contribution in [1.29, 1.82) is 0 Å². The smallest absolute Gasteiger partial charge is 0.163 e. The summed E-state index contributed by atoms with van der Waals surface area (Å²) in [5.41, 5.74) is 13.6. The topological polar surface area (TPSA) is 38.7 Å². The van der Waals surface area contributed by atoms with Gasteiger partial charge in [0, 0.05) is 5.56 Å². The number of benzene rings is 8. The van der Waals surface area contributed by atoms with E-state index in [1.54, 1.807) is 0 Å². The average molecular weight is 638 g/mol. The third kappa shape index (κ3) is 4.40. The second-order valence-corrected chi connectivity index (χ2v) is 13.2. The van der Waals surface area contributed by atoms with Gasteiger partial charge in [0.25, 0.3) is 0 Å². The highest BCUT2D eigenvalue weighted by atomic mass is 15.0.